The van der Waals surface area contributed by atoms with Crippen molar-refractivity contribution in [2.75, 3.05) is 13.1 Å². The summed E-state index contributed by atoms with van der Waals surface area (Å²) in [5.74, 6) is 0.211. The van der Waals surface area contributed by atoms with E-state index in [0.29, 0.717) is 13.1 Å². The number of amides is 2. The Balaban J connectivity index is 2.49. The molecule has 1 aliphatic rings. The lowest BCUT2D eigenvalue weighted by atomic mass is 10.0. The molecular formula is C7H14N2O2. The normalized spacial score (nSPS) is 30.9. The van der Waals surface area contributed by atoms with E-state index in [-0.39, 0.29) is 12.0 Å². The summed E-state index contributed by atoms with van der Waals surface area (Å²) in [7, 11) is 0. The average molecular weight is 158 g/mol. The third-order valence-electron chi connectivity index (χ3n) is 2.24. The van der Waals surface area contributed by atoms with E-state index < -0.39 is 6.03 Å². The Kier molecular flexibility index (Phi) is 2.34. The van der Waals surface area contributed by atoms with Crippen LogP contribution in [0.3, 0.4) is 0 Å². The van der Waals surface area contributed by atoms with Crippen LogP contribution in [0.4, 0.5) is 4.79 Å². The first-order chi connectivity index (χ1) is 5.15. The molecule has 0 aromatic rings. The van der Waals surface area contributed by atoms with Crippen molar-refractivity contribution in [3.63, 3.8) is 0 Å². The quantitative estimate of drug-likeness (QED) is 0.553. The third kappa shape index (κ3) is 1.63. The number of carbonyl (C=O) groups is 1. The molecule has 1 fully saturated rings. The first-order valence-corrected chi connectivity index (χ1v) is 3.87. The Morgan fingerprint density at radius 1 is 1.73 bits per heavy atom. The molecule has 0 bridgehead atoms. The third-order valence-corrected chi connectivity index (χ3v) is 2.24. The second-order valence-corrected chi connectivity index (χ2v) is 2.98. The Labute approximate surface area is 66.0 Å². The summed E-state index contributed by atoms with van der Waals surface area (Å²) in [6, 6.07) is -0.431. The van der Waals surface area contributed by atoms with Crippen LogP contribution in [0.25, 0.3) is 0 Å². The molecule has 1 saturated heterocycles. The van der Waals surface area contributed by atoms with E-state index in [1.54, 1.807) is 0 Å². The van der Waals surface area contributed by atoms with Crippen LogP contribution < -0.4 is 5.73 Å². The molecule has 0 spiro atoms. The van der Waals surface area contributed by atoms with E-state index in [0.717, 1.165) is 6.42 Å². The minimum Gasteiger partial charge on any atom is -0.391 e. The van der Waals surface area contributed by atoms with E-state index in [4.69, 9.17) is 5.73 Å². The molecule has 0 aliphatic carbocycles. The standard InChI is InChI=1S/C7H14N2O2/c1-2-5-3-9(7(8)11)4-6(5)10/h5-6,10H,2-4H2,1H3,(H2,8,11). The monoisotopic (exact) mass is 158 g/mol. The van der Waals surface area contributed by atoms with E-state index in [1.165, 1.54) is 4.90 Å². The van der Waals surface area contributed by atoms with Gasteiger partial charge in [0.2, 0.25) is 0 Å². The summed E-state index contributed by atoms with van der Waals surface area (Å²) >= 11 is 0. The van der Waals surface area contributed by atoms with E-state index in [9.17, 15) is 9.90 Å². The number of urea groups is 1. The molecule has 2 amide bonds. The van der Waals surface area contributed by atoms with E-state index >= 15 is 0 Å². The first-order valence-electron chi connectivity index (χ1n) is 3.87. The number of β-amino-alcohol motifs (C(OH)–C–C–N with tert-alkyl or cyclic N) is 1. The molecular weight excluding hydrogens is 144 g/mol. The van der Waals surface area contributed by atoms with Crippen molar-refractivity contribution in [1.82, 2.24) is 4.90 Å². The van der Waals surface area contributed by atoms with Crippen molar-refractivity contribution in [3.05, 3.63) is 0 Å². The lowest BCUT2D eigenvalue weighted by molar-refractivity contribution is 0.141. The van der Waals surface area contributed by atoms with Gasteiger partial charge in [-0.05, 0) is 6.42 Å². The summed E-state index contributed by atoms with van der Waals surface area (Å²) in [6.07, 6.45) is 0.512. The predicted octanol–water partition coefficient (Wildman–Crippen LogP) is -0.232. The maximum Gasteiger partial charge on any atom is 0.314 e. The number of likely N-dealkylation sites (tertiary alicyclic amines) is 1. The summed E-state index contributed by atoms with van der Waals surface area (Å²) < 4.78 is 0. The average Bonchev–Trinajstić information content (AvgIpc) is 2.31. The molecule has 1 rings (SSSR count). The number of hydrogen-bond acceptors (Lipinski definition) is 2. The van der Waals surface area contributed by atoms with Gasteiger partial charge in [0.15, 0.2) is 0 Å². The molecule has 0 saturated carbocycles. The molecule has 3 N–H and O–H groups in total. The van der Waals surface area contributed by atoms with Crippen LogP contribution >= 0.6 is 0 Å². The second-order valence-electron chi connectivity index (χ2n) is 2.98. The molecule has 0 aromatic carbocycles. The maximum atomic E-state index is 10.6. The molecule has 4 nitrogen and oxygen atoms in total. The van der Waals surface area contributed by atoms with Crippen molar-refractivity contribution in [2.24, 2.45) is 11.7 Å². The van der Waals surface area contributed by atoms with Crippen LogP contribution in [0.1, 0.15) is 13.3 Å². The zero-order valence-electron chi connectivity index (χ0n) is 6.66. The van der Waals surface area contributed by atoms with Gasteiger partial charge in [0, 0.05) is 19.0 Å². The minimum atomic E-state index is -0.431. The van der Waals surface area contributed by atoms with Gasteiger partial charge >= 0.3 is 6.03 Å². The molecule has 4 heteroatoms. The number of nitrogens with zero attached hydrogens (tertiary/aromatic N) is 1. The van der Waals surface area contributed by atoms with Crippen molar-refractivity contribution in [3.8, 4) is 0 Å². The smallest absolute Gasteiger partial charge is 0.314 e. The van der Waals surface area contributed by atoms with Crippen molar-refractivity contribution in [2.45, 2.75) is 19.4 Å². The summed E-state index contributed by atoms with van der Waals surface area (Å²) in [6.45, 7) is 3.00. The highest BCUT2D eigenvalue weighted by Gasteiger charge is 2.31. The van der Waals surface area contributed by atoms with Crippen LogP contribution in [-0.4, -0.2) is 35.2 Å². The molecule has 1 aliphatic heterocycles. The van der Waals surface area contributed by atoms with Crippen LogP contribution in [-0.2, 0) is 0 Å². The topological polar surface area (TPSA) is 66.6 Å². The zero-order chi connectivity index (χ0) is 8.43. The van der Waals surface area contributed by atoms with Crippen molar-refractivity contribution < 1.29 is 9.90 Å². The van der Waals surface area contributed by atoms with Crippen molar-refractivity contribution in [1.29, 1.82) is 0 Å². The Bertz CT molecular complexity index is 161. The molecule has 64 valence electrons. The molecule has 2 unspecified atom stereocenters. The largest absolute Gasteiger partial charge is 0.391 e. The number of primary amides is 1. The Hall–Kier alpha value is -0.770. The van der Waals surface area contributed by atoms with Crippen LogP contribution in [0, 0.1) is 5.92 Å². The van der Waals surface area contributed by atoms with Crippen LogP contribution in [0.15, 0.2) is 0 Å². The summed E-state index contributed by atoms with van der Waals surface area (Å²) in [5.41, 5.74) is 5.05. The number of rotatable bonds is 1. The van der Waals surface area contributed by atoms with Crippen LogP contribution in [0.5, 0.6) is 0 Å². The first kappa shape index (κ1) is 8.33. The van der Waals surface area contributed by atoms with Crippen LogP contribution in [0.2, 0.25) is 0 Å². The SMILES string of the molecule is CCC1CN(C(N)=O)CC1O. The number of nitrogens with two attached hydrogens (primary N) is 1. The molecule has 11 heavy (non-hydrogen) atoms. The van der Waals surface area contributed by atoms with Gasteiger partial charge in [-0.3, -0.25) is 0 Å². The number of aliphatic hydroxyl groups excluding tert-OH is 1. The van der Waals surface area contributed by atoms with Gasteiger partial charge in [0.05, 0.1) is 6.10 Å². The number of carbonyl (C=O) groups excluding carboxylic acids is 1. The van der Waals surface area contributed by atoms with E-state index in [2.05, 4.69) is 0 Å². The summed E-state index contributed by atoms with van der Waals surface area (Å²) in [4.78, 5) is 12.1. The Morgan fingerprint density at radius 3 is 2.64 bits per heavy atom. The van der Waals surface area contributed by atoms with Crippen molar-refractivity contribution >= 4 is 6.03 Å². The van der Waals surface area contributed by atoms with Gasteiger partial charge in [-0.2, -0.15) is 0 Å². The highest BCUT2D eigenvalue weighted by Crippen LogP contribution is 2.19. The molecule has 0 radical (unpaired) electrons. The molecule has 0 aromatic heterocycles. The van der Waals surface area contributed by atoms with E-state index in [1.807, 2.05) is 6.92 Å². The fourth-order valence-electron chi connectivity index (χ4n) is 1.44. The van der Waals surface area contributed by atoms with Gasteiger partial charge in [0.25, 0.3) is 0 Å². The highest BCUT2D eigenvalue weighted by molar-refractivity contribution is 5.72. The Morgan fingerprint density at radius 2 is 2.36 bits per heavy atom. The van der Waals surface area contributed by atoms with Gasteiger partial charge in [-0.1, -0.05) is 6.92 Å². The fraction of sp³-hybridized carbons (Fsp3) is 0.857. The minimum absolute atomic E-state index is 0.211. The second kappa shape index (κ2) is 3.09. The van der Waals surface area contributed by atoms with Gasteiger partial charge < -0.3 is 15.7 Å². The lowest BCUT2D eigenvalue weighted by Gasteiger charge is -2.11. The molecule has 1 heterocycles. The predicted molar refractivity (Wildman–Crippen MR) is 40.9 cm³/mol. The number of aliphatic hydroxyl groups is 1. The van der Waals surface area contributed by atoms with Gasteiger partial charge in [0.1, 0.15) is 0 Å². The maximum absolute atomic E-state index is 10.6. The lowest BCUT2D eigenvalue weighted by Crippen LogP contribution is -2.34. The number of hydrogen-bond donors (Lipinski definition) is 2. The highest BCUT2D eigenvalue weighted by atomic mass is 16.3. The summed E-state index contributed by atoms with van der Waals surface area (Å²) in [5, 5.41) is 9.36. The zero-order valence-corrected chi connectivity index (χ0v) is 6.66. The van der Waals surface area contributed by atoms with Gasteiger partial charge in [-0.25, -0.2) is 4.79 Å². The molecule has 2 atom stereocenters. The van der Waals surface area contributed by atoms with Gasteiger partial charge in [-0.15, -0.1) is 0 Å². The fourth-order valence-corrected chi connectivity index (χ4v) is 1.44.